The number of carbonyl (C=O) groups is 1. The molecule has 1 aliphatic carbocycles. The largest absolute Gasteiger partial charge is 0.361 e. The maximum absolute atomic E-state index is 12.4. The second kappa shape index (κ2) is 7.35. The smallest absolute Gasteiger partial charge is 0.241 e. The first kappa shape index (κ1) is 17.6. The Kier molecular flexibility index (Phi) is 5.18. The summed E-state index contributed by atoms with van der Waals surface area (Å²) in [6.45, 7) is 6.00. The van der Waals surface area contributed by atoms with Crippen molar-refractivity contribution in [3.63, 3.8) is 0 Å². The van der Waals surface area contributed by atoms with Gasteiger partial charge < -0.3 is 15.6 Å². The van der Waals surface area contributed by atoms with Gasteiger partial charge in [-0.15, -0.1) is 0 Å². The van der Waals surface area contributed by atoms with Gasteiger partial charge in [-0.2, -0.15) is 0 Å². The molecule has 2 aromatic rings. The van der Waals surface area contributed by atoms with E-state index >= 15 is 0 Å². The predicted molar refractivity (Wildman–Crippen MR) is 96.9 cm³/mol. The van der Waals surface area contributed by atoms with Gasteiger partial charge in [0.25, 0.3) is 0 Å². The number of carbonyl (C=O) groups excluding carboxylic acids is 1. The van der Waals surface area contributed by atoms with Crippen LogP contribution in [0.4, 0.5) is 5.69 Å². The quantitative estimate of drug-likeness (QED) is 0.887. The molecule has 0 radical (unpaired) electrons. The molecule has 25 heavy (non-hydrogen) atoms. The molecule has 1 atom stereocenters. The van der Waals surface area contributed by atoms with E-state index in [4.69, 9.17) is 10.3 Å². The number of nitrogens with zero attached hydrogens (tertiary/aromatic N) is 2. The maximum atomic E-state index is 12.4. The van der Waals surface area contributed by atoms with Crippen molar-refractivity contribution in [3.8, 4) is 11.3 Å². The molecule has 1 amide bonds. The molecule has 134 valence electrons. The summed E-state index contributed by atoms with van der Waals surface area (Å²) >= 11 is 0. The van der Waals surface area contributed by atoms with Crippen molar-refractivity contribution in [2.75, 3.05) is 5.32 Å². The Bertz CT molecular complexity index is 711. The fourth-order valence-electron chi connectivity index (χ4n) is 3.55. The number of nitrogens with one attached hydrogen (secondary N) is 1. The van der Waals surface area contributed by atoms with Crippen molar-refractivity contribution in [2.24, 2.45) is 17.6 Å². The van der Waals surface area contributed by atoms with Gasteiger partial charge in [-0.05, 0) is 50.7 Å². The number of hydrogen-bond acceptors (Lipinski definition) is 5. The molecule has 1 fully saturated rings. The van der Waals surface area contributed by atoms with E-state index in [1.807, 2.05) is 26.0 Å². The third-order valence-electron chi connectivity index (χ3n) is 5.19. The molecule has 1 aliphatic rings. The van der Waals surface area contributed by atoms with E-state index < -0.39 is 6.04 Å². The van der Waals surface area contributed by atoms with Crippen molar-refractivity contribution >= 4 is 11.6 Å². The number of pyridine rings is 1. The zero-order chi connectivity index (χ0) is 18.0. The summed E-state index contributed by atoms with van der Waals surface area (Å²) in [5.74, 6) is 1.61. The molecule has 0 bridgehead atoms. The Morgan fingerprint density at radius 3 is 2.56 bits per heavy atom. The van der Waals surface area contributed by atoms with Crippen LogP contribution in [0, 0.1) is 25.7 Å². The van der Waals surface area contributed by atoms with Crippen LogP contribution < -0.4 is 11.1 Å². The lowest BCUT2D eigenvalue weighted by Gasteiger charge is -2.29. The SMILES string of the molecule is Cc1noc(C)c1-c1ccc(NC(=O)C(N)C2CCC(C)CC2)cn1. The van der Waals surface area contributed by atoms with Gasteiger partial charge in [-0.3, -0.25) is 9.78 Å². The van der Waals surface area contributed by atoms with Crippen LogP contribution in [-0.4, -0.2) is 22.1 Å². The van der Waals surface area contributed by atoms with E-state index in [-0.39, 0.29) is 11.8 Å². The number of rotatable bonds is 4. The van der Waals surface area contributed by atoms with Gasteiger partial charge in [0.15, 0.2) is 0 Å². The van der Waals surface area contributed by atoms with Crippen LogP contribution in [0.15, 0.2) is 22.9 Å². The minimum atomic E-state index is -0.463. The van der Waals surface area contributed by atoms with Crippen molar-refractivity contribution in [3.05, 3.63) is 29.8 Å². The van der Waals surface area contributed by atoms with E-state index in [0.29, 0.717) is 5.69 Å². The average Bonchev–Trinajstić information content (AvgIpc) is 2.94. The van der Waals surface area contributed by atoms with E-state index in [0.717, 1.165) is 54.3 Å². The van der Waals surface area contributed by atoms with Crippen LogP contribution in [0.3, 0.4) is 0 Å². The molecular weight excluding hydrogens is 316 g/mol. The zero-order valence-corrected chi connectivity index (χ0v) is 15.1. The molecule has 2 aromatic heterocycles. The summed E-state index contributed by atoms with van der Waals surface area (Å²) in [5, 5.41) is 6.83. The molecule has 0 aliphatic heterocycles. The van der Waals surface area contributed by atoms with Crippen LogP contribution in [-0.2, 0) is 4.79 Å². The van der Waals surface area contributed by atoms with Crippen LogP contribution in [0.25, 0.3) is 11.3 Å². The second-order valence-corrected chi connectivity index (χ2v) is 7.17. The molecule has 1 unspecified atom stereocenters. The fourth-order valence-corrected chi connectivity index (χ4v) is 3.55. The lowest BCUT2D eigenvalue weighted by atomic mass is 9.79. The molecule has 3 rings (SSSR count). The third kappa shape index (κ3) is 3.90. The molecule has 1 saturated carbocycles. The van der Waals surface area contributed by atoms with E-state index in [1.165, 1.54) is 0 Å². The van der Waals surface area contributed by atoms with E-state index in [9.17, 15) is 4.79 Å². The zero-order valence-electron chi connectivity index (χ0n) is 15.1. The molecular formula is C19H26N4O2. The van der Waals surface area contributed by atoms with Crippen LogP contribution in [0.5, 0.6) is 0 Å². The van der Waals surface area contributed by atoms with Gasteiger partial charge in [0.2, 0.25) is 5.91 Å². The summed E-state index contributed by atoms with van der Waals surface area (Å²) in [5.41, 5.74) is 9.31. The number of nitrogens with two attached hydrogens (primary N) is 1. The van der Waals surface area contributed by atoms with Gasteiger partial charge >= 0.3 is 0 Å². The third-order valence-corrected chi connectivity index (χ3v) is 5.19. The van der Waals surface area contributed by atoms with Gasteiger partial charge in [-0.25, -0.2) is 0 Å². The topological polar surface area (TPSA) is 94.0 Å². The van der Waals surface area contributed by atoms with Gasteiger partial charge in [-0.1, -0.05) is 24.9 Å². The summed E-state index contributed by atoms with van der Waals surface area (Å²) in [6, 6.07) is 3.23. The lowest BCUT2D eigenvalue weighted by molar-refractivity contribution is -0.118. The Balaban J connectivity index is 1.64. The average molecular weight is 342 g/mol. The summed E-state index contributed by atoms with van der Waals surface area (Å²) in [6.07, 6.45) is 6.01. The summed E-state index contributed by atoms with van der Waals surface area (Å²) in [4.78, 5) is 16.8. The standard InChI is InChI=1S/C19H26N4O2/c1-11-4-6-14(7-5-11)18(20)19(24)22-15-8-9-16(21-10-15)17-12(2)23-25-13(17)3/h8-11,14,18H,4-7,20H2,1-3H3,(H,22,24). The minimum absolute atomic E-state index is 0.133. The highest BCUT2D eigenvalue weighted by atomic mass is 16.5. The Morgan fingerprint density at radius 2 is 2.00 bits per heavy atom. The van der Waals surface area contributed by atoms with Crippen molar-refractivity contribution in [1.29, 1.82) is 0 Å². The highest BCUT2D eigenvalue weighted by molar-refractivity contribution is 5.94. The summed E-state index contributed by atoms with van der Waals surface area (Å²) in [7, 11) is 0. The number of amides is 1. The van der Waals surface area contributed by atoms with E-state index in [2.05, 4.69) is 22.4 Å². The van der Waals surface area contributed by atoms with Crippen molar-refractivity contribution < 1.29 is 9.32 Å². The molecule has 0 saturated heterocycles. The van der Waals surface area contributed by atoms with Crippen LogP contribution in [0.1, 0.15) is 44.1 Å². The maximum Gasteiger partial charge on any atom is 0.241 e. The molecule has 3 N–H and O–H groups in total. The molecule has 6 nitrogen and oxygen atoms in total. The lowest BCUT2D eigenvalue weighted by Crippen LogP contribution is -2.43. The number of aryl methyl sites for hydroxylation is 2. The van der Waals surface area contributed by atoms with Crippen LogP contribution in [0.2, 0.25) is 0 Å². The number of aromatic nitrogens is 2. The van der Waals surface area contributed by atoms with Gasteiger partial charge in [0, 0.05) is 0 Å². The fraction of sp³-hybridized carbons (Fsp3) is 0.526. The molecule has 0 aromatic carbocycles. The normalized spacial score (nSPS) is 21.8. The minimum Gasteiger partial charge on any atom is -0.361 e. The Morgan fingerprint density at radius 1 is 1.28 bits per heavy atom. The van der Waals surface area contributed by atoms with Crippen molar-refractivity contribution in [1.82, 2.24) is 10.1 Å². The molecule has 6 heteroatoms. The number of hydrogen-bond donors (Lipinski definition) is 2. The van der Waals surface area contributed by atoms with Gasteiger partial charge in [0.05, 0.1) is 34.9 Å². The van der Waals surface area contributed by atoms with Gasteiger partial charge in [0.1, 0.15) is 5.76 Å². The van der Waals surface area contributed by atoms with Crippen LogP contribution >= 0.6 is 0 Å². The first-order valence-electron chi connectivity index (χ1n) is 8.91. The predicted octanol–water partition coefficient (Wildman–Crippen LogP) is 3.45. The first-order valence-corrected chi connectivity index (χ1v) is 8.91. The van der Waals surface area contributed by atoms with Crippen molar-refractivity contribution in [2.45, 2.75) is 52.5 Å². The highest BCUT2D eigenvalue weighted by Gasteiger charge is 2.28. The van der Waals surface area contributed by atoms with E-state index in [1.54, 1.807) is 6.20 Å². The Labute approximate surface area is 148 Å². The summed E-state index contributed by atoms with van der Waals surface area (Å²) < 4.78 is 5.17. The number of anilines is 1. The monoisotopic (exact) mass is 342 g/mol. The molecule has 0 spiro atoms. The second-order valence-electron chi connectivity index (χ2n) is 7.17. The highest BCUT2D eigenvalue weighted by Crippen LogP contribution is 2.30. The molecule has 2 heterocycles. The Hall–Kier alpha value is -2.21. The first-order chi connectivity index (χ1) is 12.0.